The average Bonchev–Trinajstić information content (AvgIpc) is 2.77. The van der Waals surface area contributed by atoms with E-state index in [1.54, 1.807) is 0 Å². The molecule has 0 aromatic heterocycles. The van der Waals surface area contributed by atoms with Crippen LogP contribution in [0, 0.1) is 18.7 Å². The van der Waals surface area contributed by atoms with Crippen LogP contribution in [0.2, 0.25) is 0 Å². The van der Waals surface area contributed by atoms with Crippen molar-refractivity contribution in [2.24, 2.45) is 5.92 Å². The third-order valence-electron chi connectivity index (χ3n) is 3.95. The van der Waals surface area contributed by atoms with Gasteiger partial charge in [0.2, 0.25) is 10.0 Å². The van der Waals surface area contributed by atoms with Crippen molar-refractivity contribution in [1.82, 2.24) is 4.72 Å². The lowest BCUT2D eigenvalue weighted by molar-refractivity contribution is 0.275. The lowest BCUT2D eigenvalue weighted by Crippen LogP contribution is -2.36. The number of sulfonamides is 1. The molecule has 0 aliphatic heterocycles. The molecule has 0 bridgehead atoms. The molecule has 2 rings (SSSR count). The Kier molecular flexibility index (Phi) is 4.46. The van der Waals surface area contributed by atoms with Crippen LogP contribution in [0.5, 0.6) is 0 Å². The highest BCUT2D eigenvalue weighted by molar-refractivity contribution is 7.89. The number of halogens is 1. The summed E-state index contributed by atoms with van der Waals surface area (Å²) >= 11 is 0. The van der Waals surface area contributed by atoms with Crippen LogP contribution in [0.1, 0.15) is 37.3 Å². The van der Waals surface area contributed by atoms with Crippen molar-refractivity contribution in [3.63, 3.8) is 0 Å². The van der Waals surface area contributed by atoms with Gasteiger partial charge in [0.15, 0.2) is 0 Å². The molecule has 0 saturated heterocycles. The summed E-state index contributed by atoms with van der Waals surface area (Å²) in [5, 5.41) is 9.10. The molecule has 1 aromatic rings. The molecule has 2 unspecified atom stereocenters. The lowest BCUT2D eigenvalue weighted by Gasteiger charge is -2.18. The van der Waals surface area contributed by atoms with Gasteiger partial charge >= 0.3 is 0 Å². The lowest BCUT2D eigenvalue weighted by atomic mass is 10.1. The summed E-state index contributed by atoms with van der Waals surface area (Å²) in [5.41, 5.74) is 0.223. The second kappa shape index (κ2) is 5.79. The highest BCUT2D eigenvalue weighted by Gasteiger charge is 2.28. The van der Waals surface area contributed by atoms with Gasteiger partial charge in [0.25, 0.3) is 0 Å². The SMILES string of the molecule is Cc1cc(S(=O)(=O)NC2CCCC2C)cc(CO)c1F. The Morgan fingerprint density at radius 3 is 2.65 bits per heavy atom. The van der Waals surface area contributed by atoms with E-state index in [9.17, 15) is 12.8 Å². The molecule has 6 heteroatoms. The summed E-state index contributed by atoms with van der Waals surface area (Å²) in [6, 6.07) is 2.43. The average molecular weight is 301 g/mol. The molecule has 0 amide bonds. The van der Waals surface area contributed by atoms with E-state index in [1.807, 2.05) is 6.92 Å². The number of aryl methyl sites for hydroxylation is 1. The van der Waals surface area contributed by atoms with E-state index < -0.39 is 22.4 Å². The first kappa shape index (κ1) is 15.4. The number of hydrogen-bond acceptors (Lipinski definition) is 3. The van der Waals surface area contributed by atoms with Gasteiger partial charge in [-0.25, -0.2) is 17.5 Å². The monoisotopic (exact) mass is 301 g/mol. The van der Waals surface area contributed by atoms with Crippen molar-refractivity contribution in [3.05, 3.63) is 29.1 Å². The van der Waals surface area contributed by atoms with Crippen LogP contribution in [-0.4, -0.2) is 19.6 Å². The van der Waals surface area contributed by atoms with E-state index in [0.717, 1.165) is 19.3 Å². The van der Waals surface area contributed by atoms with Crippen LogP contribution < -0.4 is 4.72 Å². The molecule has 1 fully saturated rings. The maximum absolute atomic E-state index is 13.7. The standard InChI is InChI=1S/C14H20FNO3S/c1-9-4-3-5-13(9)16-20(18,19)12-6-10(2)14(15)11(7-12)8-17/h6-7,9,13,16-17H,3-5,8H2,1-2H3. The Morgan fingerprint density at radius 1 is 1.40 bits per heavy atom. The zero-order valence-corrected chi connectivity index (χ0v) is 12.5. The third-order valence-corrected chi connectivity index (χ3v) is 5.42. The summed E-state index contributed by atoms with van der Waals surface area (Å²) < 4.78 is 41.0. The number of rotatable bonds is 4. The molecule has 1 aromatic carbocycles. The fraction of sp³-hybridized carbons (Fsp3) is 0.571. The topological polar surface area (TPSA) is 66.4 Å². The fourth-order valence-electron chi connectivity index (χ4n) is 2.66. The van der Waals surface area contributed by atoms with E-state index in [1.165, 1.54) is 19.1 Å². The zero-order valence-electron chi connectivity index (χ0n) is 11.7. The first-order valence-electron chi connectivity index (χ1n) is 6.77. The van der Waals surface area contributed by atoms with Gasteiger partial charge in [-0.15, -0.1) is 0 Å². The van der Waals surface area contributed by atoms with Crippen molar-refractivity contribution < 1.29 is 17.9 Å². The molecule has 112 valence electrons. The Balaban J connectivity index is 2.32. The molecular weight excluding hydrogens is 281 g/mol. The Morgan fingerprint density at radius 2 is 2.10 bits per heavy atom. The Labute approximate surface area is 119 Å². The second-order valence-corrected chi connectivity index (χ2v) is 7.22. The molecule has 0 heterocycles. The van der Waals surface area contributed by atoms with E-state index in [2.05, 4.69) is 4.72 Å². The van der Waals surface area contributed by atoms with E-state index in [4.69, 9.17) is 5.11 Å². The van der Waals surface area contributed by atoms with Gasteiger partial charge in [-0.05, 0) is 43.4 Å². The van der Waals surface area contributed by atoms with Gasteiger partial charge in [-0.2, -0.15) is 0 Å². The van der Waals surface area contributed by atoms with Gasteiger partial charge in [-0.1, -0.05) is 13.3 Å². The molecule has 0 radical (unpaired) electrons. The highest BCUT2D eigenvalue weighted by Crippen LogP contribution is 2.27. The van der Waals surface area contributed by atoms with Crippen LogP contribution in [0.4, 0.5) is 4.39 Å². The number of hydrogen-bond donors (Lipinski definition) is 2. The Bertz CT molecular complexity index is 601. The van der Waals surface area contributed by atoms with Crippen LogP contribution in [0.3, 0.4) is 0 Å². The normalized spacial score (nSPS) is 23.2. The molecule has 1 saturated carbocycles. The second-order valence-electron chi connectivity index (χ2n) is 5.51. The van der Waals surface area contributed by atoms with Crippen molar-refractivity contribution in [3.8, 4) is 0 Å². The molecule has 1 aliphatic carbocycles. The minimum absolute atomic E-state index is 0.00449. The Hall–Kier alpha value is -0.980. The van der Waals surface area contributed by atoms with E-state index in [-0.39, 0.29) is 22.1 Å². The van der Waals surface area contributed by atoms with E-state index in [0.29, 0.717) is 5.92 Å². The van der Waals surface area contributed by atoms with Gasteiger partial charge in [0, 0.05) is 11.6 Å². The van der Waals surface area contributed by atoms with Gasteiger partial charge in [0.05, 0.1) is 11.5 Å². The first-order valence-corrected chi connectivity index (χ1v) is 8.25. The summed E-state index contributed by atoms with van der Waals surface area (Å²) in [6.45, 7) is 3.00. The first-order chi connectivity index (χ1) is 9.35. The molecule has 1 aliphatic rings. The van der Waals surface area contributed by atoms with Crippen LogP contribution >= 0.6 is 0 Å². The van der Waals surface area contributed by atoms with Crippen LogP contribution in [0.25, 0.3) is 0 Å². The summed E-state index contributed by atoms with van der Waals surface area (Å²) in [6.07, 6.45) is 2.85. The van der Waals surface area contributed by atoms with Crippen molar-refractivity contribution >= 4 is 10.0 Å². The van der Waals surface area contributed by atoms with Gasteiger partial charge < -0.3 is 5.11 Å². The smallest absolute Gasteiger partial charge is 0.240 e. The summed E-state index contributed by atoms with van der Waals surface area (Å²) in [4.78, 5) is 0.0135. The molecule has 20 heavy (non-hydrogen) atoms. The fourth-order valence-corrected chi connectivity index (χ4v) is 4.18. The predicted octanol–water partition coefficient (Wildman–Crippen LogP) is 2.09. The molecule has 2 atom stereocenters. The van der Waals surface area contributed by atoms with Gasteiger partial charge in [0.1, 0.15) is 5.82 Å². The van der Waals surface area contributed by atoms with Crippen molar-refractivity contribution in [1.29, 1.82) is 0 Å². The number of benzene rings is 1. The molecule has 2 N–H and O–H groups in total. The molecular formula is C14H20FNO3S. The quantitative estimate of drug-likeness (QED) is 0.895. The number of aliphatic hydroxyl groups is 1. The molecule has 0 spiro atoms. The highest BCUT2D eigenvalue weighted by atomic mass is 32.2. The number of aliphatic hydroxyl groups excluding tert-OH is 1. The van der Waals surface area contributed by atoms with Crippen molar-refractivity contribution in [2.45, 2.75) is 50.7 Å². The largest absolute Gasteiger partial charge is 0.392 e. The van der Waals surface area contributed by atoms with E-state index >= 15 is 0 Å². The minimum Gasteiger partial charge on any atom is -0.392 e. The van der Waals surface area contributed by atoms with Crippen LogP contribution in [-0.2, 0) is 16.6 Å². The maximum atomic E-state index is 13.7. The van der Waals surface area contributed by atoms with Crippen LogP contribution in [0.15, 0.2) is 17.0 Å². The summed E-state index contributed by atoms with van der Waals surface area (Å²) in [5.74, 6) is -0.246. The van der Waals surface area contributed by atoms with Gasteiger partial charge in [-0.3, -0.25) is 0 Å². The summed E-state index contributed by atoms with van der Waals surface area (Å²) in [7, 11) is -3.68. The number of nitrogens with one attached hydrogen (secondary N) is 1. The van der Waals surface area contributed by atoms with Crippen molar-refractivity contribution in [2.75, 3.05) is 0 Å². The molecule has 4 nitrogen and oxygen atoms in total. The maximum Gasteiger partial charge on any atom is 0.240 e. The zero-order chi connectivity index (χ0) is 14.9. The third kappa shape index (κ3) is 3.02. The predicted molar refractivity (Wildman–Crippen MR) is 74.2 cm³/mol. The minimum atomic E-state index is -3.68.